The molecule has 0 spiro atoms. The third-order valence-corrected chi connectivity index (χ3v) is 12.3. The quantitative estimate of drug-likeness (QED) is 0.176. The molecule has 6 heteroatoms. The molecule has 4 heterocycles. The number of nitrogens with zero attached hydrogens (tertiary/aromatic N) is 5. The van der Waals surface area contributed by atoms with Gasteiger partial charge in [-0.05, 0) is 70.4 Å². The summed E-state index contributed by atoms with van der Waals surface area (Å²) in [5.41, 5.74) is 10.7. The predicted molar refractivity (Wildman–Crippen MR) is 234 cm³/mol. The van der Waals surface area contributed by atoms with Gasteiger partial charge in [-0.1, -0.05) is 151 Å². The van der Waals surface area contributed by atoms with Crippen molar-refractivity contribution in [1.82, 2.24) is 24.1 Å². The van der Waals surface area contributed by atoms with Gasteiger partial charge in [-0.3, -0.25) is 9.13 Å². The van der Waals surface area contributed by atoms with Crippen molar-refractivity contribution in [2.75, 3.05) is 0 Å². The maximum absolute atomic E-state index is 5.33. The lowest BCUT2D eigenvalue weighted by Crippen LogP contribution is -2.07. The van der Waals surface area contributed by atoms with Gasteiger partial charge in [0, 0.05) is 42.6 Å². The highest BCUT2D eigenvalue weighted by molar-refractivity contribution is 7.99. The van der Waals surface area contributed by atoms with E-state index in [4.69, 9.17) is 15.0 Å². The van der Waals surface area contributed by atoms with Crippen LogP contribution in [0, 0.1) is 0 Å². The molecule has 0 bridgehead atoms. The highest BCUT2D eigenvalue weighted by Crippen LogP contribution is 2.50. The van der Waals surface area contributed by atoms with E-state index in [0.717, 1.165) is 50.1 Å². The molecule has 266 valence electrons. The summed E-state index contributed by atoms with van der Waals surface area (Å²) in [6.45, 7) is 0. The Balaban J connectivity index is 1.14. The third kappa shape index (κ3) is 5.01. The number of benzene rings is 8. The van der Waals surface area contributed by atoms with Crippen LogP contribution in [0.15, 0.2) is 198 Å². The Bertz CT molecular complexity index is 3400. The molecule has 8 aromatic carbocycles. The van der Waals surface area contributed by atoms with Gasteiger partial charge in [-0.15, -0.1) is 0 Å². The predicted octanol–water partition coefficient (Wildman–Crippen LogP) is 13.2. The van der Waals surface area contributed by atoms with E-state index in [0.29, 0.717) is 17.5 Å². The van der Waals surface area contributed by atoms with E-state index < -0.39 is 0 Å². The normalized spacial score (nSPS) is 12.1. The summed E-state index contributed by atoms with van der Waals surface area (Å²) in [6, 6.07) is 66.5. The van der Waals surface area contributed by atoms with E-state index in [1.165, 1.54) is 42.5 Å². The van der Waals surface area contributed by atoms with Crippen molar-refractivity contribution < 1.29 is 0 Å². The van der Waals surface area contributed by atoms with Crippen molar-refractivity contribution in [2.45, 2.75) is 9.79 Å². The van der Waals surface area contributed by atoms with Crippen LogP contribution >= 0.6 is 11.8 Å². The Morgan fingerprint density at radius 1 is 0.386 bits per heavy atom. The number of rotatable bonds is 5. The maximum atomic E-state index is 5.33. The second kappa shape index (κ2) is 12.6. The second-order valence-corrected chi connectivity index (χ2v) is 15.5. The lowest BCUT2D eigenvalue weighted by Gasteiger charge is -2.21. The summed E-state index contributed by atoms with van der Waals surface area (Å²) >= 11 is 1.84. The third-order valence-electron chi connectivity index (χ3n) is 11.1. The van der Waals surface area contributed by atoms with Crippen molar-refractivity contribution in [3.63, 3.8) is 0 Å². The number of para-hydroxylation sites is 4. The monoisotopic (exact) mass is 745 g/mol. The van der Waals surface area contributed by atoms with Crippen LogP contribution in [0.2, 0.25) is 0 Å². The van der Waals surface area contributed by atoms with E-state index in [1.807, 2.05) is 17.8 Å². The molecule has 1 aliphatic rings. The van der Waals surface area contributed by atoms with E-state index in [-0.39, 0.29) is 0 Å². The highest BCUT2D eigenvalue weighted by Gasteiger charge is 2.28. The Morgan fingerprint density at radius 2 is 1.02 bits per heavy atom. The fourth-order valence-electron chi connectivity index (χ4n) is 8.58. The van der Waals surface area contributed by atoms with Gasteiger partial charge in [0.2, 0.25) is 0 Å². The smallest absolute Gasteiger partial charge is 0.166 e. The van der Waals surface area contributed by atoms with Gasteiger partial charge in [0.1, 0.15) is 5.65 Å². The van der Waals surface area contributed by atoms with Gasteiger partial charge in [0.25, 0.3) is 0 Å². The van der Waals surface area contributed by atoms with Crippen molar-refractivity contribution >= 4 is 55.4 Å². The highest BCUT2D eigenvalue weighted by atomic mass is 32.2. The van der Waals surface area contributed by atoms with Crippen molar-refractivity contribution in [1.29, 1.82) is 0 Å². The van der Waals surface area contributed by atoms with E-state index in [9.17, 15) is 0 Å². The molecule has 1 aliphatic heterocycles. The van der Waals surface area contributed by atoms with Gasteiger partial charge in [0.05, 0.1) is 22.4 Å². The molecule has 0 saturated carbocycles. The molecule has 3 aromatic heterocycles. The molecular formula is C51H31N5S. The van der Waals surface area contributed by atoms with Crippen LogP contribution in [0.1, 0.15) is 0 Å². The van der Waals surface area contributed by atoms with Gasteiger partial charge in [0.15, 0.2) is 17.5 Å². The molecular weight excluding hydrogens is 715 g/mol. The van der Waals surface area contributed by atoms with Gasteiger partial charge in [-0.25, -0.2) is 15.0 Å². The fourth-order valence-corrected chi connectivity index (χ4v) is 9.67. The molecule has 0 unspecified atom stereocenters. The van der Waals surface area contributed by atoms with Crippen LogP contribution in [0.25, 0.3) is 100 Å². The Labute approximate surface area is 332 Å². The molecule has 0 amide bonds. The van der Waals surface area contributed by atoms with Gasteiger partial charge in [-0.2, -0.15) is 0 Å². The molecule has 57 heavy (non-hydrogen) atoms. The lowest BCUT2D eigenvalue weighted by molar-refractivity contribution is 1.02. The first-order chi connectivity index (χ1) is 28.3. The van der Waals surface area contributed by atoms with E-state index in [1.54, 1.807) is 0 Å². The Kier molecular flexibility index (Phi) is 7.09. The molecule has 5 nitrogen and oxygen atoms in total. The molecule has 0 fully saturated rings. The molecule has 0 saturated heterocycles. The molecule has 0 atom stereocenters. The standard InChI is InChI=1S/C51H31N5S/c1-2-14-32(15-3-1)35-18-12-19-36(30-35)48-52-49(37-29-28-33-16-4-5-17-34(33)31-37)54-50(53-48)39-21-7-9-24-42(39)55-41-23-8-6-20-38(41)46-40-22-13-27-45-47(40)56(51(46)55)43-25-10-11-26-44(43)57-45/h1-31H. The lowest BCUT2D eigenvalue weighted by atomic mass is 10.0. The summed E-state index contributed by atoms with van der Waals surface area (Å²) in [5, 5.41) is 6.00. The van der Waals surface area contributed by atoms with Crippen LogP contribution in [-0.4, -0.2) is 24.1 Å². The van der Waals surface area contributed by atoms with Crippen LogP contribution in [0.3, 0.4) is 0 Å². The van der Waals surface area contributed by atoms with Gasteiger partial charge < -0.3 is 0 Å². The minimum Gasteiger partial charge on any atom is -0.294 e. The average molecular weight is 746 g/mol. The zero-order valence-corrected chi connectivity index (χ0v) is 31.4. The summed E-state index contributed by atoms with van der Waals surface area (Å²) in [6.07, 6.45) is 0. The van der Waals surface area contributed by atoms with Crippen LogP contribution in [0.5, 0.6) is 0 Å². The zero-order chi connectivity index (χ0) is 37.5. The van der Waals surface area contributed by atoms with Crippen molar-refractivity contribution in [3.05, 3.63) is 188 Å². The fraction of sp³-hybridized carbons (Fsp3) is 0. The Morgan fingerprint density at radius 3 is 1.91 bits per heavy atom. The van der Waals surface area contributed by atoms with Crippen LogP contribution in [0.4, 0.5) is 0 Å². The Hall–Kier alpha value is -7.28. The first-order valence-electron chi connectivity index (χ1n) is 19.1. The van der Waals surface area contributed by atoms with Crippen molar-refractivity contribution in [3.8, 4) is 56.7 Å². The minimum atomic E-state index is 0.612. The summed E-state index contributed by atoms with van der Waals surface area (Å²) in [7, 11) is 0. The van der Waals surface area contributed by atoms with Crippen LogP contribution in [-0.2, 0) is 0 Å². The number of aromatic nitrogens is 5. The molecule has 0 N–H and O–H groups in total. The largest absolute Gasteiger partial charge is 0.294 e. The van der Waals surface area contributed by atoms with E-state index in [2.05, 4.69) is 191 Å². The summed E-state index contributed by atoms with van der Waals surface area (Å²) < 4.78 is 4.89. The van der Waals surface area contributed by atoms with Crippen molar-refractivity contribution in [2.24, 2.45) is 0 Å². The summed E-state index contributed by atoms with van der Waals surface area (Å²) in [5.74, 6) is 1.86. The SMILES string of the molecule is c1ccc(-c2cccc(-c3nc(-c4ccc5ccccc5c4)nc(-c4ccccc4-n4c5ccccc5c5c6cccc7c6n(c54)-c4ccccc4S7)n3)c2)cc1. The van der Waals surface area contributed by atoms with Gasteiger partial charge >= 0.3 is 0 Å². The average Bonchev–Trinajstić information content (AvgIpc) is 3.80. The molecule has 0 radical (unpaired) electrons. The topological polar surface area (TPSA) is 48.5 Å². The molecule has 0 aliphatic carbocycles. The first kappa shape index (κ1) is 32.0. The first-order valence-corrected chi connectivity index (χ1v) is 19.9. The zero-order valence-electron chi connectivity index (χ0n) is 30.5. The maximum Gasteiger partial charge on any atom is 0.166 e. The van der Waals surface area contributed by atoms with E-state index >= 15 is 0 Å². The second-order valence-electron chi connectivity index (χ2n) is 14.4. The number of hydrogen-bond acceptors (Lipinski definition) is 4. The molecule has 12 rings (SSSR count). The minimum absolute atomic E-state index is 0.612. The molecule has 11 aromatic rings. The number of hydrogen-bond donors (Lipinski definition) is 0. The summed E-state index contributed by atoms with van der Waals surface area (Å²) in [4.78, 5) is 18.3. The number of fused-ring (bicyclic) bond motifs is 8. The van der Waals surface area contributed by atoms with Crippen LogP contribution < -0.4 is 0 Å².